The fourth-order valence-electron chi connectivity index (χ4n) is 9.18. The molecule has 1 aliphatic heterocycles. The molecule has 5 heterocycles. The summed E-state index contributed by atoms with van der Waals surface area (Å²) in [5, 5.41) is 25.4. The number of primary amides is 2. The molecule has 7 rings (SSSR count). The molecule has 1 aliphatic rings. The van der Waals surface area contributed by atoms with Crippen LogP contribution in [0.3, 0.4) is 0 Å². The molecular weight excluding hydrogens is 1100 g/mol. The van der Waals surface area contributed by atoms with Crippen LogP contribution in [0.4, 0.5) is 11.9 Å². The number of aryl methyl sites for hydroxylation is 4. The fourth-order valence-corrected chi connectivity index (χ4v) is 10.3. The lowest BCUT2D eigenvalue weighted by Gasteiger charge is -2.24. The summed E-state index contributed by atoms with van der Waals surface area (Å²) >= 11 is 0.954. The van der Waals surface area contributed by atoms with Gasteiger partial charge in [0.1, 0.15) is 46.0 Å². The second kappa shape index (κ2) is 27.1. The first-order valence-electron chi connectivity index (χ1n) is 26.3. The monoisotopic (exact) mass is 1170 g/mol. The first kappa shape index (κ1) is 61.5. The van der Waals surface area contributed by atoms with Gasteiger partial charge in [-0.3, -0.25) is 68.0 Å². The molecule has 442 valence electrons. The average Bonchev–Trinajstić information content (AvgIpc) is 4.43. The van der Waals surface area contributed by atoms with Crippen LogP contribution < -0.4 is 42.6 Å². The molecule has 0 spiro atoms. The fraction of sp³-hybridized carbons (Fsp3) is 0.415. The number of benzene rings is 2. The van der Waals surface area contributed by atoms with Crippen molar-refractivity contribution in [3.8, 4) is 11.5 Å². The van der Waals surface area contributed by atoms with E-state index < -0.39 is 70.6 Å². The highest BCUT2D eigenvalue weighted by molar-refractivity contribution is 8.00. The van der Waals surface area contributed by atoms with Crippen LogP contribution in [-0.4, -0.2) is 177 Å². The van der Waals surface area contributed by atoms with Gasteiger partial charge >= 0.3 is 5.97 Å². The van der Waals surface area contributed by atoms with Gasteiger partial charge in [0.05, 0.1) is 48.0 Å². The summed E-state index contributed by atoms with van der Waals surface area (Å²) in [6, 6.07) is 6.77. The normalized spacial score (nSPS) is 14.1. The number of aliphatic carboxylic acids is 1. The van der Waals surface area contributed by atoms with Gasteiger partial charge in [0.2, 0.25) is 47.3 Å². The number of likely N-dealkylation sites (N-methyl/N-ethyl adjacent to an activating group) is 1. The van der Waals surface area contributed by atoms with Gasteiger partial charge in [-0.2, -0.15) is 10.2 Å². The van der Waals surface area contributed by atoms with Gasteiger partial charge < -0.3 is 55.9 Å². The SMILES string of the molecule is CCn1nc(C)cc1C(=O)Nc1nc2cc(C(N)=O)cc(OC)c2n1C/C=C/Cn1c(NC(=O)c2cc(C)nn2CC)nc2cc(C(N)=O)cc(OCCCN(C)C(=O)C(COC)NC(=O)CCN3C(=O)CC(SCC(N)C(=O)O)C3=O)c21. The largest absolute Gasteiger partial charge is 0.494 e. The molecule has 1 fully saturated rings. The minimum atomic E-state index is -1.24. The number of imidazole rings is 2. The number of nitrogens with zero attached hydrogens (tertiary/aromatic N) is 10. The van der Waals surface area contributed by atoms with E-state index in [1.807, 2.05) is 13.8 Å². The van der Waals surface area contributed by atoms with E-state index in [0.29, 0.717) is 46.7 Å². The summed E-state index contributed by atoms with van der Waals surface area (Å²) in [5.74, 6) is -5.54. The molecule has 2 aromatic carbocycles. The summed E-state index contributed by atoms with van der Waals surface area (Å²) in [6.07, 6.45) is 3.26. The number of fused-ring (bicyclic) bond motifs is 2. The highest BCUT2D eigenvalue weighted by Gasteiger charge is 2.39. The number of hydrogen-bond acceptors (Lipinski definition) is 18. The number of carbonyl (C=O) groups is 9. The maximum absolute atomic E-state index is 14.0. The maximum Gasteiger partial charge on any atom is 0.321 e. The highest BCUT2D eigenvalue weighted by atomic mass is 32.2. The molecule has 83 heavy (non-hydrogen) atoms. The molecule has 0 radical (unpaired) electrons. The van der Waals surface area contributed by atoms with E-state index in [9.17, 15) is 43.2 Å². The summed E-state index contributed by atoms with van der Waals surface area (Å²) in [6.45, 7) is 7.72. The molecule has 30 heteroatoms. The van der Waals surface area contributed by atoms with E-state index in [4.69, 9.17) is 41.5 Å². The quantitative estimate of drug-likeness (QED) is 0.0198. The Hall–Kier alpha value is -9.16. The molecular formula is C53H66N16O13S. The van der Waals surface area contributed by atoms with Gasteiger partial charge in [-0.05, 0) is 70.5 Å². The first-order chi connectivity index (χ1) is 39.6. The Kier molecular flexibility index (Phi) is 20.0. The van der Waals surface area contributed by atoms with Gasteiger partial charge in [0, 0.05) is 83.1 Å². The minimum absolute atomic E-state index is 0.0224. The molecule has 0 aliphatic carbocycles. The lowest BCUT2D eigenvalue weighted by atomic mass is 10.1. The van der Waals surface area contributed by atoms with E-state index in [1.165, 1.54) is 55.1 Å². The minimum Gasteiger partial charge on any atom is -0.494 e. The predicted molar refractivity (Wildman–Crippen MR) is 303 cm³/mol. The summed E-state index contributed by atoms with van der Waals surface area (Å²) in [4.78, 5) is 128. The van der Waals surface area contributed by atoms with E-state index in [1.54, 1.807) is 51.9 Å². The van der Waals surface area contributed by atoms with Crippen molar-refractivity contribution in [2.75, 3.05) is 64.0 Å². The number of hydrogen-bond donors (Lipinski definition) is 7. The van der Waals surface area contributed by atoms with Crippen LogP contribution in [0.15, 0.2) is 48.6 Å². The number of likely N-dealkylation sites (tertiary alicyclic amines) is 1. The zero-order valence-electron chi connectivity index (χ0n) is 46.8. The Balaban J connectivity index is 1.11. The van der Waals surface area contributed by atoms with Crippen molar-refractivity contribution in [1.29, 1.82) is 0 Å². The van der Waals surface area contributed by atoms with Crippen molar-refractivity contribution in [3.63, 3.8) is 0 Å². The van der Waals surface area contributed by atoms with Crippen LogP contribution in [-0.2, 0) is 54.9 Å². The van der Waals surface area contributed by atoms with Crippen molar-refractivity contribution >= 4 is 99.0 Å². The number of allylic oxidation sites excluding steroid dienone is 2. The third-order valence-corrected chi connectivity index (χ3v) is 14.6. The Bertz CT molecular complexity index is 3530. The van der Waals surface area contributed by atoms with Crippen molar-refractivity contribution in [1.82, 2.24) is 53.8 Å². The van der Waals surface area contributed by atoms with Crippen LogP contribution in [0.25, 0.3) is 22.1 Å². The van der Waals surface area contributed by atoms with Crippen LogP contribution in [0, 0.1) is 13.8 Å². The highest BCUT2D eigenvalue weighted by Crippen LogP contribution is 2.34. The Morgan fingerprint density at radius 2 is 1.35 bits per heavy atom. The van der Waals surface area contributed by atoms with E-state index in [-0.39, 0.29) is 110 Å². The molecule has 10 N–H and O–H groups in total. The second-order valence-corrected chi connectivity index (χ2v) is 20.4. The molecule has 4 aromatic heterocycles. The number of imide groups is 1. The van der Waals surface area contributed by atoms with Crippen LogP contribution in [0.1, 0.15) is 86.2 Å². The molecule has 6 aromatic rings. The number of ether oxygens (including phenoxy) is 3. The van der Waals surface area contributed by atoms with Gasteiger partial charge in [0.15, 0.2) is 0 Å². The van der Waals surface area contributed by atoms with Crippen molar-refractivity contribution < 1.29 is 62.5 Å². The second-order valence-electron chi connectivity index (χ2n) is 19.2. The summed E-state index contributed by atoms with van der Waals surface area (Å²) in [5.41, 5.74) is 20.3. The zero-order valence-corrected chi connectivity index (χ0v) is 47.6. The van der Waals surface area contributed by atoms with Gasteiger partial charge in [0.25, 0.3) is 11.8 Å². The van der Waals surface area contributed by atoms with Crippen LogP contribution >= 0.6 is 11.8 Å². The number of rotatable bonds is 29. The average molecular weight is 1170 g/mol. The third-order valence-electron chi connectivity index (χ3n) is 13.3. The molecule has 3 unspecified atom stereocenters. The van der Waals surface area contributed by atoms with Crippen LogP contribution in [0.2, 0.25) is 0 Å². The maximum atomic E-state index is 14.0. The number of carboxylic acids is 1. The molecule has 0 bridgehead atoms. The van der Waals surface area contributed by atoms with Crippen LogP contribution in [0.5, 0.6) is 11.5 Å². The smallest absolute Gasteiger partial charge is 0.321 e. The van der Waals surface area contributed by atoms with Crippen molar-refractivity contribution in [3.05, 3.63) is 82.5 Å². The van der Waals surface area contributed by atoms with Crippen molar-refractivity contribution in [2.24, 2.45) is 17.2 Å². The number of nitrogens with one attached hydrogen (secondary N) is 3. The third kappa shape index (κ3) is 14.3. The van der Waals surface area contributed by atoms with Crippen molar-refractivity contribution in [2.45, 2.75) is 90.5 Å². The number of thioether (sulfide) groups is 1. The molecule has 3 atom stereocenters. The van der Waals surface area contributed by atoms with Gasteiger partial charge in [-0.15, -0.1) is 11.8 Å². The number of nitrogens with two attached hydrogens (primary N) is 3. The molecule has 29 nitrogen and oxygen atoms in total. The standard InChI is InChI=1S/C53H66N16O13S/c1-8-68-36(19-28(3)62-68)47(74)60-52-58-33-21-30(45(55)72)23-38(81-7)43(33)66(52)15-10-11-16-67-44-34(59-53(67)61-48(75)37-20-29(4)63-69(37)9-2)22-31(46(56)73)24-39(44)82-18-12-14-64(5)49(76)35(26-80-6)57-41(70)13-17-65-42(71)25-40(50(65)77)83-27-32(54)51(78)79/h10-11,19-24,32,35,40H,8-9,12-18,25-27,54H2,1-7H3,(H2,55,72)(H2,56,73)(H,57,70)(H,78,79)(H,58,60,74)(H,59,61,75)/b11-10+. The number of anilines is 2. The molecule has 8 amide bonds. The number of amides is 8. The first-order valence-corrected chi connectivity index (χ1v) is 27.3. The van der Waals surface area contributed by atoms with E-state index >= 15 is 0 Å². The number of carboxylic acid groups (broad SMARTS) is 1. The zero-order chi connectivity index (χ0) is 60.4. The van der Waals surface area contributed by atoms with E-state index in [0.717, 1.165) is 16.7 Å². The lowest BCUT2D eigenvalue weighted by molar-refractivity contribution is -0.140. The van der Waals surface area contributed by atoms with E-state index in [2.05, 4.69) is 31.1 Å². The number of methoxy groups -OCH3 is 2. The molecule has 0 saturated carbocycles. The van der Waals surface area contributed by atoms with Gasteiger partial charge in [-0.1, -0.05) is 12.2 Å². The topological polar surface area (TPSA) is 393 Å². The Morgan fingerprint density at radius 3 is 1.84 bits per heavy atom. The summed E-state index contributed by atoms with van der Waals surface area (Å²) < 4.78 is 23.7. The summed E-state index contributed by atoms with van der Waals surface area (Å²) in [7, 11) is 4.29. The molecule has 1 saturated heterocycles. The lowest BCUT2D eigenvalue weighted by Crippen LogP contribution is -2.50. The Morgan fingerprint density at radius 1 is 0.819 bits per heavy atom. The number of carbonyl (C=O) groups excluding carboxylic acids is 8. The Labute approximate surface area is 479 Å². The predicted octanol–water partition coefficient (Wildman–Crippen LogP) is 1.42. The van der Waals surface area contributed by atoms with Gasteiger partial charge in [-0.25, -0.2) is 9.97 Å². The number of aromatic nitrogens is 8.